The topological polar surface area (TPSA) is 86.8 Å². The van der Waals surface area contributed by atoms with Crippen LogP contribution in [0, 0.1) is 5.41 Å². The first-order valence-electron chi connectivity index (χ1n) is 9.95. The van der Waals surface area contributed by atoms with E-state index < -0.39 is 5.41 Å². The Balaban J connectivity index is 1.42. The van der Waals surface area contributed by atoms with E-state index >= 15 is 0 Å². The highest BCUT2D eigenvalue weighted by Crippen LogP contribution is 2.45. The van der Waals surface area contributed by atoms with Gasteiger partial charge in [-0.25, -0.2) is 0 Å². The SMILES string of the molecule is CC(=O)N1CCc2cc(NC(=O)CN3C(=O)CC4(CCCCC4)C3=O)ccc21. The minimum absolute atomic E-state index is 0.00163. The maximum atomic E-state index is 12.8. The Labute approximate surface area is 164 Å². The maximum Gasteiger partial charge on any atom is 0.244 e. The molecule has 3 aliphatic rings. The average molecular weight is 383 g/mol. The largest absolute Gasteiger partial charge is 0.325 e. The zero-order chi connectivity index (χ0) is 19.9. The summed E-state index contributed by atoms with van der Waals surface area (Å²) in [5.74, 6) is -0.805. The average Bonchev–Trinajstić information content (AvgIpc) is 3.17. The van der Waals surface area contributed by atoms with Gasteiger partial charge in [0.25, 0.3) is 0 Å². The van der Waals surface area contributed by atoms with Crippen molar-refractivity contribution >= 4 is 35.0 Å². The van der Waals surface area contributed by atoms with Crippen LogP contribution in [0.25, 0.3) is 0 Å². The van der Waals surface area contributed by atoms with Crippen LogP contribution < -0.4 is 10.2 Å². The molecule has 2 heterocycles. The van der Waals surface area contributed by atoms with E-state index in [-0.39, 0.29) is 36.6 Å². The molecule has 1 saturated heterocycles. The highest BCUT2D eigenvalue weighted by Gasteiger charge is 2.51. The highest BCUT2D eigenvalue weighted by atomic mass is 16.2. The predicted molar refractivity (Wildman–Crippen MR) is 104 cm³/mol. The van der Waals surface area contributed by atoms with Crippen LogP contribution in [0.15, 0.2) is 18.2 Å². The molecule has 4 rings (SSSR count). The fourth-order valence-electron chi connectivity index (χ4n) is 4.79. The molecule has 1 saturated carbocycles. The first-order valence-corrected chi connectivity index (χ1v) is 9.95. The van der Waals surface area contributed by atoms with Crippen molar-refractivity contribution in [3.63, 3.8) is 0 Å². The lowest BCUT2D eigenvalue weighted by molar-refractivity contribution is -0.144. The third-order valence-electron chi connectivity index (χ3n) is 6.24. The molecular formula is C21H25N3O4. The van der Waals surface area contributed by atoms with E-state index in [9.17, 15) is 19.2 Å². The van der Waals surface area contributed by atoms with Crippen LogP contribution in [0.3, 0.4) is 0 Å². The van der Waals surface area contributed by atoms with E-state index in [1.54, 1.807) is 11.0 Å². The molecule has 2 fully saturated rings. The second-order valence-corrected chi connectivity index (χ2v) is 8.12. The summed E-state index contributed by atoms with van der Waals surface area (Å²) in [6.45, 7) is 1.94. The summed E-state index contributed by atoms with van der Waals surface area (Å²) in [6, 6.07) is 5.42. The molecule has 0 radical (unpaired) electrons. The summed E-state index contributed by atoms with van der Waals surface area (Å²) < 4.78 is 0. The minimum atomic E-state index is -0.570. The standard InChI is InChI=1S/C21H25N3O4/c1-14(25)23-10-7-15-11-16(5-6-17(15)23)22-18(26)13-24-19(27)12-21(20(24)28)8-3-2-4-9-21/h5-6,11H,2-4,7-10,12-13H2,1H3,(H,22,26). The molecule has 1 aliphatic carbocycles. The molecule has 7 nitrogen and oxygen atoms in total. The molecule has 4 amide bonds. The number of likely N-dealkylation sites (tertiary alicyclic amines) is 1. The zero-order valence-electron chi connectivity index (χ0n) is 16.1. The number of carbonyl (C=O) groups excluding carboxylic acids is 4. The fourth-order valence-corrected chi connectivity index (χ4v) is 4.79. The second kappa shape index (κ2) is 7.04. The maximum absolute atomic E-state index is 12.8. The van der Waals surface area contributed by atoms with Gasteiger partial charge in [-0.1, -0.05) is 19.3 Å². The van der Waals surface area contributed by atoms with Crippen LogP contribution in [0.1, 0.15) is 51.0 Å². The summed E-state index contributed by atoms with van der Waals surface area (Å²) >= 11 is 0. The lowest BCUT2D eigenvalue weighted by Gasteiger charge is -2.30. The number of nitrogens with one attached hydrogen (secondary N) is 1. The van der Waals surface area contributed by atoms with Gasteiger partial charge < -0.3 is 10.2 Å². The summed E-state index contributed by atoms with van der Waals surface area (Å²) in [6.07, 6.45) is 5.49. The van der Waals surface area contributed by atoms with Gasteiger partial charge in [-0.05, 0) is 43.0 Å². The number of imide groups is 1. The zero-order valence-corrected chi connectivity index (χ0v) is 16.1. The Kier molecular flexibility index (Phi) is 4.69. The minimum Gasteiger partial charge on any atom is -0.325 e. The van der Waals surface area contributed by atoms with Gasteiger partial charge in [0.2, 0.25) is 23.6 Å². The van der Waals surface area contributed by atoms with Crippen molar-refractivity contribution in [3.05, 3.63) is 23.8 Å². The normalized spacial score (nSPS) is 20.6. The quantitative estimate of drug-likeness (QED) is 0.811. The number of fused-ring (bicyclic) bond motifs is 1. The Hall–Kier alpha value is -2.70. The molecule has 0 bridgehead atoms. The van der Waals surface area contributed by atoms with E-state index in [4.69, 9.17) is 0 Å². The van der Waals surface area contributed by atoms with E-state index in [0.29, 0.717) is 12.2 Å². The van der Waals surface area contributed by atoms with Gasteiger partial charge in [-0.15, -0.1) is 0 Å². The Morgan fingerprint density at radius 3 is 2.61 bits per heavy atom. The molecule has 0 aromatic heterocycles. The first kappa shape index (κ1) is 18.7. The van der Waals surface area contributed by atoms with Gasteiger partial charge in [-0.2, -0.15) is 0 Å². The molecule has 0 unspecified atom stereocenters. The van der Waals surface area contributed by atoms with E-state index in [1.165, 1.54) is 6.92 Å². The molecule has 1 spiro atoms. The molecule has 1 N–H and O–H groups in total. The van der Waals surface area contributed by atoms with Crippen molar-refractivity contribution in [1.29, 1.82) is 0 Å². The van der Waals surface area contributed by atoms with Crippen molar-refractivity contribution in [2.24, 2.45) is 5.41 Å². The van der Waals surface area contributed by atoms with Crippen molar-refractivity contribution in [2.45, 2.75) is 51.9 Å². The van der Waals surface area contributed by atoms with Crippen LogP contribution in [-0.2, 0) is 25.6 Å². The van der Waals surface area contributed by atoms with Crippen LogP contribution >= 0.6 is 0 Å². The summed E-state index contributed by atoms with van der Waals surface area (Å²) in [7, 11) is 0. The van der Waals surface area contributed by atoms with Gasteiger partial charge in [-0.3, -0.25) is 24.1 Å². The molecule has 1 aromatic carbocycles. The number of benzene rings is 1. The Bertz CT molecular complexity index is 857. The van der Waals surface area contributed by atoms with Crippen molar-refractivity contribution in [2.75, 3.05) is 23.3 Å². The number of carbonyl (C=O) groups is 4. The molecule has 28 heavy (non-hydrogen) atoms. The van der Waals surface area contributed by atoms with E-state index in [2.05, 4.69) is 5.32 Å². The number of hydrogen-bond acceptors (Lipinski definition) is 4. The van der Waals surface area contributed by atoms with Crippen LogP contribution in [-0.4, -0.2) is 41.6 Å². The van der Waals surface area contributed by atoms with Crippen LogP contribution in [0.5, 0.6) is 0 Å². The summed E-state index contributed by atoms with van der Waals surface area (Å²) in [5, 5.41) is 2.79. The first-order chi connectivity index (χ1) is 13.4. The van der Waals surface area contributed by atoms with Gasteiger partial charge in [0.05, 0.1) is 5.41 Å². The Morgan fingerprint density at radius 2 is 1.89 bits per heavy atom. The number of anilines is 2. The van der Waals surface area contributed by atoms with Gasteiger partial charge in [0, 0.05) is 31.3 Å². The lowest BCUT2D eigenvalue weighted by Crippen LogP contribution is -2.41. The number of hydrogen-bond donors (Lipinski definition) is 1. The van der Waals surface area contributed by atoms with Crippen LogP contribution in [0.2, 0.25) is 0 Å². The van der Waals surface area contributed by atoms with E-state index in [1.807, 2.05) is 12.1 Å². The highest BCUT2D eigenvalue weighted by molar-refractivity contribution is 6.09. The van der Waals surface area contributed by atoms with Gasteiger partial charge >= 0.3 is 0 Å². The van der Waals surface area contributed by atoms with E-state index in [0.717, 1.165) is 54.7 Å². The summed E-state index contributed by atoms with van der Waals surface area (Å²) in [4.78, 5) is 52.2. The molecule has 2 aliphatic heterocycles. The third kappa shape index (κ3) is 3.19. The predicted octanol–water partition coefficient (Wildman–Crippen LogP) is 2.24. The molecule has 0 atom stereocenters. The number of nitrogens with zero attached hydrogens (tertiary/aromatic N) is 2. The molecular weight excluding hydrogens is 358 g/mol. The van der Waals surface area contributed by atoms with Gasteiger partial charge in [0.1, 0.15) is 6.54 Å². The molecule has 1 aromatic rings. The number of rotatable bonds is 3. The fraction of sp³-hybridized carbons (Fsp3) is 0.524. The summed E-state index contributed by atoms with van der Waals surface area (Å²) in [5.41, 5.74) is 1.91. The van der Waals surface area contributed by atoms with Crippen LogP contribution in [0.4, 0.5) is 11.4 Å². The number of amides is 4. The van der Waals surface area contributed by atoms with Crippen molar-refractivity contribution in [1.82, 2.24) is 4.90 Å². The van der Waals surface area contributed by atoms with Gasteiger partial charge in [0.15, 0.2) is 0 Å². The second-order valence-electron chi connectivity index (χ2n) is 8.12. The third-order valence-corrected chi connectivity index (χ3v) is 6.24. The molecule has 148 valence electrons. The molecule has 7 heteroatoms. The Morgan fingerprint density at radius 1 is 1.14 bits per heavy atom. The smallest absolute Gasteiger partial charge is 0.244 e. The lowest BCUT2D eigenvalue weighted by atomic mass is 9.73. The van der Waals surface area contributed by atoms with Crippen molar-refractivity contribution < 1.29 is 19.2 Å². The monoisotopic (exact) mass is 383 g/mol. The van der Waals surface area contributed by atoms with Crippen molar-refractivity contribution in [3.8, 4) is 0 Å².